The zero-order chi connectivity index (χ0) is 14.4. The summed E-state index contributed by atoms with van der Waals surface area (Å²) in [6.07, 6.45) is 0.165. The molecule has 104 valence electrons. The molecule has 0 heterocycles. The number of aliphatic carboxylic acids is 1. The Hall–Kier alpha value is -1.84. The van der Waals surface area contributed by atoms with Gasteiger partial charge in [0.1, 0.15) is 0 Å². The zero-order valence-corrected chi connectivity index (χ0v) is 11.6. The van der Waals surface area contributed by atoms with Crippen molar-refractivity contribution in [2.45, 2.75) is 38.5 Å². The summed E-state index contributed by atoms with van der Waals surface area (Å²) in [5.74, 6) is -0.870. The van der Waals surface area contributed by atoms with E-state index in [9.17, 15) is 9.59 Å². The predicted molar refractivity (Wildman–Crippen MR) is 74.2 cm³/mol. The molecule has 0 aliphatic carbocycles. The Morgan fingerprint density at radius 1 is 1.11 bits per heavy atom. The molecule has 0 aliphatic heterocycles. The van der Waals surface area contributed by atoms with Crippen molar-refractivity contribution in [3.63, 3.8) is 0 Å². The van der Waals surface area contributed by atoms with E-state index >= 15 is 0 Å². The van der Waals surface area contributed by atoms with E-state index in [1.54, 1.807) is 7.05 Å². The van der Waals surface area contributed by atoms with Crippen LogP contribution in [0.25, 0.3) is 0 Å². The van der Waals surface area contributed by atoms with Crippen molar-refractivity contribution in [2.24, 2.45) is 0 Å². The molecule has 0 saturated carbocycles. The lowest BCUT2D eigenvalue weighted by molar-refractivity contribution is -0.137. The van der Waals surface area contributed by atoms with E-state index in [-0.39, 0.29) is 24.7 Å². The maximum atomic E-state index is 11.4. The van der Waals surface area contributed by atoms with Gasteiger partial charge in [0.15, 0.2) is 0 Å². The van der Waals surface area contributed by atoms with Gasteiger partial charge in [0.2, 0.25) is 5.91 Å². The Morgan fingerprint density at radius 2 is 1.63 bits per heavy atom. The third kappa shape index (κ3) is 4.73. The van der Waals surface area contributed by atoms with Crippen LogP contribution in [0.5, 0.6) is 0 Å². The number of hydrogen-bond donors (Lipinski definition) is 2. The van der Waals surface area contributed by atoms with Crippen molar-refractivity contribution in [3.05, 3.63) is 35.4 Å². The average Bonchev–Trinajstić information content (AvgIpc) is 2.37. The molecule has 0 spiro atoms. The van der Waals surface area contributed by atoms with Crippen LogP contribution in [0.15, 0.2) is 24.3 Å². The molecule has 1 aromatic rings. The molecular weight excluding hydrogens is 242 g/mol. The number of carbonyl (C=O) groups is 2. The van der Waals surface area contributed by atoms with Crippen molar-refractivity contribution < 1.29 is 14.7 Å². The summed E-state index contributed by atoms with van der Waals surface area (Å²) >= 11 is 0. The molecule has 0 aliphatic rings. The summed E-state index contributed by atoms with van der Waals surface area (Å²) in [6, 6.07) is 7.84. The standard InChI is InChI=1S/C15H21NO3/c1-10(2)11-4-6-12(7-5-11)13(9-15(18)19)8-14(17)16-3/h4-7,10,13H,8-9H2,1-3H3,(H,16,17)(H,18,19). The SMILES string of the molecule is CNC(=O)CC(CC(=O)O)c1ccc(C(C)C)cc1. The van der Waals surface area contributed by atoms with Crippen molar-refractivity contribution in [1.82, 2.24) is 5.32 Å². The molecule has 0 aromatic heterocycles. The Balaban J connectivity index is 2.89. The third-order valence-corrected chi connectivity index (χ3v) is 3.21. The van der Waals surface area contributed by atoms with Crippen LogP contribution in [-0.4, -0.2) is 24.0 Å². The number of carboxylic acid groups (broad SMARTS) is 1. The molecule has 1 amide bonds. The van der Waals surface area contributed by atoms with E-state index in [1.165, 1.54) is 5.56 Å². The Kier molecular flexibility index (Phi) is 5.55. The summed E-state index contributed by atoms with van der Waals surface area (Å²) in [5, 5.41) is 11.5. The van der Waals surface area contributed by atoms with Gasteiger partial charge in [0.05, 0.1) is 6.42 Å². The highest BCUT2D eigenvalue weighted by Crippen LogP contribution is 2.25. The summed E-state index contributed by atoms with van der Waals surface area (Å²) in [6.45, 7) is 4.21. The first kappa shape index (κ1) is 15.2. The van der Waals surface area contributed by atoms with Gasteiger partial charge in [-0.15, -0.1) is 0 Å². The maximum absolute atomic E-state index is 11.4. The summed E-state index contributed by atoms with van der Waals surface area (Å²) < 4.78 is 0. The second kappa shape index (κ2) is 6.92. The largest absolute Gasteiger partial charge is 0.481 e. The van der Waals surface area contributed by atoms with Crippen LogP contribution in [0.2, 0.25) is 0 Å². The summed E-state index contributed by atoms with van der Waals surface area (Å²) in [4.78, 5) is 22.3. The second-order valence-corrected chi connectivity index (χ2v) is 4.99. The van der Waals surface area contributed by atoms with Crippen LogP contribution >= 0.6 is 0 Å². The van der Waals surface area contributed by atoms with E-state index in [2.05, 4.69) is 19.2 Å². The van der Waals surface area contributed by atoms with Gasteiger partial charge < -0.3 is 10.4 Å². The number of hydrogen-bond acceptors (Lipinski definition) is 2. The summed E-state index contributed by atoms with van der Waals surface area (Å²) in [5.41, 5.74) is 2.10. The molecule has 0 fully saturated rings. The topological polar surface area (TPSA) is 66.4 Å². The van der Waals surface area contributed by atoms with Crippen molar-refractivity contribution in [3.8, 4) is 0 Å². The lowest BCUT2D eigenvalue weighted by atomic mass is 9.90. The van der Waals surface area contributed by atoms with Gasteiger partial charge in [0.25, 0.3) is 0 Å². The highest BCUT2D eigenvalue weighted by molar-refractivity contribution is 5.78. The molecule has 1 unspecified atom stereocenters. The molecule has 4 nitrogen and oxygen atoms in total. The van der Waals surface area contributed by atoms with E-state index < -0.39 is 5.97 Å². The molecule has 0 radical (unpaired) electrons. The van der Waals surface area contributed by atoms with E-state index in [4.69, 9.17) is 5.11 Å². The number of benzene rings is 1. The van der Waals surface area contributed by atoms with E-state index in [0.29, 0.717) is 5.92 Å². The smallest absolute Gasteiger partial charge is 0.303 e. The van der Waals surface area contributed by atoms with Gasteiger partial charge in [-0.05, 0) is 17.0 Å². The number of nitrogens with one attached hydrogen (secondary N) is 1. The number of carbonyl (C=O) groups excluding carboxylic acids is 1. The van der Waals surface area contributed by atoms with Crippen molar-refractivity contribution in [2.75, 3.05) is 7.05 Å². The number of carboxylic acids is 1. The van der Waals surface area contributed by atoms with Gasteiger partial charge in [-0.25, -0.2) is 0 Å². The number of rotatable bonds is 6. The van der Waals surface area contributed by atoms with Gasteiger partial charge >= 0.3 is 5.97 Å². The van der Waals surface area contributed by atoms with Gasteiger partial charge in [-0.2, -0.15) is 0 Å². The highest BCUT2D eigenvalue weighted by Gasteiger charge is 2.18. The molecule has 0 saturated heterocycles. The summed E-state index contributed by atoms with van der Waals surface area (Å²) in [7, 11) is 1.56. The van der Waals surface area contributed by atoms with Crippen LogP contribution in [0.1, 0.15) is 49.7 Å². The normalized spacial score (nSPS) is 12.2. The Bertz CT molecular complexity index is 437. The molecule has 19 heavy (non-hydrogen) atoms. The minimum absolute atomic E-state index is 0.0333. The minimum Gasteiger partial charge on any atom is -0.481 e. The van der Waals surface area contributed by atoms with Gasteiger partial charge in [0, 0.05) is 19.4 Å². The van der Waals surface area contributed by atoms with Crippen LogP contribution in [-0.2, 0) is 9.59 Å². The first-order valence-corrected chi connectivity index (χ1v) is 6.46. The Labute approximate surface area is 113 Å². The minimum atomic E-state index is -0.887. The van der Waals surface area contributed by atoms with Crippen LogP contribution in [0, 0.1) is 0 Å². The monoisotopic (exact) mass is 263 g/mol. The molecule has 4 heteroatoms. The molecule has 1 rings (SSSR count). The van der Waals surface area contributed by atoms with Gasteiger partial charge in [-0.3, -0.25) is 9.59 Å². The molecular formula is C15H21NO3. The average molecular weight is 263 g/mol. The molecule has 2 N–H and O–H groups in total. The fourth-order valence-corrected chi connectivity index (χ4v) is 2.00. The van der Waals surface area contributed by atoms with Crippen molar-refractivity contribution >= 4 is 11.9 Å². The first-order valence-electron chi connectivity index (χ1n) is 6.46. The maximum Gasteiger partial charge on any atom is 0.303 e. The molecule has 1 atom stereocenters. The lowest BCUT2D eigenvalue weighted by Gasteiger charge is -2.15. The second-order valence-electron chi connectivity index (χ2n) is 4.99. The molecule has 0 bridgehead atoms. The lowest BCUT2D eigenvalue weighted by Crippen LogP contribution is -2.21. The highest BCUT2D eigenvalue weighted by atomic mass is 16.4. The van der Waals surface area contributed by atoms with Crippen molar-refractivity contribution in [1.29, 1.82) is 0 Å². The number of amides is 1. The zero-order valence-electron chi connectivity index (χ0n) is 11.6. The van der Waals surface area contributed by atoms with E-state index in [1.807, 2.05) is 24.3 Å². The third-order valence-electron chi connectivity index (χ3n) is 3.21. The quantitative estimate of drug-likeness (QED) is 0.828. The van der Waals surface area contributed by atoms with Crippen LogP contribution in [0.3, 0.4) is 0 Å². The predicted octanol–water partition coefficient (Wildman–Crippen LogP) is 2.50. The van der Waals surface area contributed by atoms with E-state index in [0.717, 1.165) is 5.56 Å². The fourth-order valence-electron chi connectivity index (χ4n) is 2.00. The Morgan fingerprint density at radius 3 is 2.05 bits per heavy atom. The van der Waals surface area contributed by atoms with Crippen LogP contribution in [0.4, 0.5) is 0 Å². The first-order chi connectivity index (χ1) is 8.93. The van der Waals surface area contributed by atoms with Crippen LogP contribution < -0.4 is 5.32 Å². The molecule has 1 aromatic carbocycles. The fraction of sp³-hybridized carbons (Fsp3) is 0.467. The van der Waals surface area contributed by atoms with Gasteiger partial charge in [-0.1, -0.05) is 38.1 Å².